The molecule has 0 radical (unpaired) electrons. The molecular weight excluding hydrogens is 376 g/mol. The smallest absolute Gasteiger partial charge is 0.230 e. The van der Waals surface area contributed by atoms with Crippen LogP contribution in [0.2, 0.25) is 0 Å². The number of hydrogen-bond acceptors (Lipinski definition) is 8. The van der Waals surface area contributed by atoms with Crippen molar-refractivity contribution >= 4 is 21.6 Å². The first-order valence-electron chi connectivity index (χ1n) is 9.02. The molecule has 142 valence electrons. The van der Waals surface area contributed by atoms with Crippen LogP contribution in [-0.4, -0.2) is 38.3 Å². The van der Waals surface area contributed by atoms with Gasteiger partial charge in [-0.15, -0.1) is 21.5 Å². The van der Waals surface area contributed by atoms with Crippen molar-refractivity contribution < 1.29 is 14.3 Å². The second-order valence-corrected chi connectivity index (χ2v) is 7.77. The zero-order chi connectivity index (χ0) is 19.1. The average molecular weight is 394 g/mol. The fraction of sp³-hybridized carbons (Fsp3) is 0.250. The first kappa shape index (κ1) is 17.2. The number of benzene rings is 2. The van der Waals surface area contributed by atoms with Gasteiger partial charge >= 0.3 is 0 Å². The van der Waals surface area contributed by atoms with Crippen molar-refractivity contribution in [1.82, 2.24) is 20.1 Å². The molecule has 5 rings (SSSR count). The fourth-order valence-electron chi connectivity index (χ4n) is 3.40. The first-order chi connectivity index (χ1) is 13.7. The molecule has 0 amide bonds. The highest BCUT2D eigenvalue weighted by Crippen LogP contribution is 2.39. The Morgan fingerprint density at radius 2 is 2.11 bits per heavy atom. The first-order valence-corrected chi connectivity index (χ1v) is 9.83. The molecule has 1 aliphatic rings. The SMILES string of the molecule is Cc1nnc(CN2CCOc3c(O)cc(-c4nc5ccccc5s4)cc3C2)o1. The molecule has 4 aromatic rings. The normalized spacial score (nSPS) is 14.6. The van der Waals surface area contributed by atoms with Crippen molar-refractivity contribution in [3.8, 4) is 22.1 Å². The molecule has 2 aromatic carbocycles. The van der Waals surface area contributed by atoms with Gasteiger partial charge in [0.2, 0.25) is 11.8 Å². The molecule has 0 bridgehead atoms. The van der Waals surface area contributed by atoms with E-state index in [2.05, 4.69) is 21.2 Å². The minimum Gasteiger partial charge on any atom is -0.504 e. The highest BCUT2D eigenvalue weighted by Gasteiger charge is 2.22. The number of aromatic nitrogens is 3. The second-order valence-electron chi connectivity index (χ2n) is 6.74. The Balaban J connectivity index is 1.49. The summed E-state index contributed by atoms with van der Waals surface area (Å²) < 4.78 is 12.5. The third-order valence-electron chi connectivity index (χ3n) is 4.66. The molecule has 2 aromatic heterocycles. The summed E-state index contributed by atoms with van der Waals surface area (Å²) in [6.07, 6.45) is 0. The molecule has 0 aliphatic carbocycles. The van der Waals surface area contributed by atoms with Crippen LogP contribution in [0.4, 0.5) is 0 Å². The molecule has 1 N–H and O–H groups in total. The van der Waals surface area contributed by atoms with E-state index in [4.69, 9.17) is 14.1 Å². The van der Waals surface area contributed by atoms with Gasteiger partial charge in [0.25, 0.3) is 0 Å². The van der Waals surface area contributed by atoms with Gasteiger partial charge in [-0.25, -0.2) is 4.98 Å². The predicted molar refractivity (Wildman–Crippen MR) is 105 cm³/mol. The molecular formula is C20H18N4O3S. The van der Waals surface area contributed by atoms with Gasteiger partial charge in [0.15, 0.2) is 11.5 Å². The van der Waals surface area contributed by atoms with Gasteiger partial charge in [0, 0.05) is 31.1 Å². The summed E-state index contributed by atoms with van der Waals surface area (Å²) in [6, 6.07) is 11.8. The van der Waals surface area contributed by atoms with Gasteiger partial charge in [-0.05, 0) is 24.3 Å². The number of fused-ring (bicyclic) bond motifs is 2. The van der Waals surface area contributed by atoms with E-state index in [1.807, 2.05) is 24.3 Å². The lowest BCUT2D eigenvalue weighted by atomic mass is 10.1. The number of para-hydroxylation sites is 1. The van der Waals surface area contributed by atoms with Gasteiger partial charge in [0.1, 0.15) is 11.6 Å². The predicted octanol–water partition coefficient (Wildman–Crippen LogP) is 3.75. The lowest BCUT2D eigenvalue weighted by molar-refractivity contribution is 0.201. The summed E-state index contributed by atoms with van der Waals surface area (Å²) in [5.74, 6) is 1.81. The molecule has 0 fully saturated rings. The monoisotopic (exact) mass is 394 g/mol. The number of aromatic hydroxyl groups is 1. The summed E-state index contributed by atoms with van der Waals surface area (Å²) in [5.41, 5.74) is 2.76. The van der Waals surface area contributed by atoms with Gasteiger partial charge in [-0.1, -0.05) is 12.1 Å². The zero-order valence-electron chi connectivity index (χ0n) is 15.3. The maximum absolute atomic E-state index is 10.6. The topological polar surface area (TPSA) is 84.5 Å². The van der Waals surface area contributed by atoms with Crippen LogP contribution >= 0.6 is 11.3 Å². The van der Waals surface area contributed by atoms with E-state index in [0.717, 1.165) is 26.4 Å². The standard InChI is InChI=1S/C20H18N4O3S/c1-12-22-23-18(27-12)11-24-6-7-26-19-14(10-24)8-13(9-16(19)25)20-21-15-4-2-3-5-17(15)28-20/h2-5,8-9,25H,6-7,10-11H2,1H3. The molecule has 8 heteroatoms. The third-order valence-corrected chi connectivity index (χ3v) is 5.75. The molecule has 28 heavy (non-hydrogen) atoms. The van der Waals surface area contributed by atoms with Crippen LogP contribution in [-0.2, 0) is 13.1 Å². The molecule has 0 atom stereocenters. The zero-order valence-corrected chi connectivity index (χ0v) is 16.1. The lowest BCUT2D eigenvalue weighted by Gasteiger charge is -2.17. The van der Waals surface area contributed by atoms with E-state index in [9.17, 15) is 5.11 Å². The van der Waals surface area contributed by atoms with Crippen LogP contribution in [0.1, 0.15) is 17.3 Å². The van der Waals surface area contributed by atoms with Crippen LogP contribution < -0.4 is 4.74 Å². The number of aryl methyl sites for hydroxylation is 1. The highest BCUT2D eigenvalue weighted by atomic mass is 32.1. The summed E-state index contributed by atoms with van der Waals surface area (Å²) in [7, 11) is 0. The van der Waals surface area contributed by atoms with Crippen LogP contribution in [0.15, 0.2) is 40.8 Å². The van der Waals surface area contributed by atoms with E-state index in [-0.39, 0.29) is 5.75 Å². The van der Waals surface area contributed by atoms with Crippen molar-refractivity contribution in [2.24, 2.45) is 0 Å². The summed E-state index contributed by atoms with van der Waals surface area (Å²) in [6.45, 7) is 4.11. The summed E-state index contributed by atoms with van der Waals surface area (Å²) >= 11 is 1.61. The minimum atomic E-state index is 0.141. The Bertz CT molecular complexity index is 1120. The van der Waals surface area contributed by atoms with Crippen molar-refractivity contribution in [3.63, 3.8) is 0 Å². The minimum absolute atomic E-state index is 0.141. The number of hydrogen-bond donors (Lipinski definition) is 1. The Kier molecular flexibility index (Phi) is 4.22. The molecule has 0 spiro atoms. The van der Waals surface area contributed by atoms with E-state index >= 15 is 0 Å². The number of rotatable bonds is 3. The van der Waals surface area contributed by atoms with Crippen molar-refractivity contribution in [2.45, 2.75) is 20.0 Å². The molecule has 0 unspecified atom stereocenters. The third kappa shape index (κ3) is 3.21. The molecule has 0 saturated heterocycles. The molecule has 0 saturated carbocycles. The van der Waals surface area contributed by atoms with Crippen molar-refractivity contribution in [2.75, 3.05) is 13.2 Å². The van der Waals surface area contributed by atoms with Gasteiger partial charge in [-0.2, -0.15) is 0 Å². The summed E-state index contributed by atoms with van der Waals surface area (Å²) in [5, 5.41) is 19.4. The maximum atomic E-state index is 10.6. The Hall–Kier alpha value is -2.97. The Morgan fingerprint density at radius 3 is 2.93 bits per heavy atom. The number of nitrogens with zero attached hydrogens (tertiary/aromatic N) is 4. The molecule has 1 aliphatic heterocycles. The van der Waals surface area contributed by atoms with E-state index in [1.54, 1.807) is 24.3 Å². The summed E-state index contributed by atoms with van der Waals surface area (Å²) in [4.78, 5) is 6.87. The Labute approximate surface area is 165 Å². The maximum Gasteiger partial charge on any atom is 0.230 e. The van der Waals surface area contributed by atoms with Gasteiger partial charge in [0.05, 0.1) is 16.8 Å². The average Bonchev–Trinajstić information content (AvgIpc) is 3.23. The number of ether oxygens (including phenoxy) is 1. The highest BCUT2D eigenvalue weighted by molar-refractivity contribution is 7.21. The van der Waals surface area contributed by atoms with Crippen molar-refractivity contribution in [1.29, 1.82) is 0 Å². The fourth-order valence-corrected chi connectivity index (χ4v) is 4.35. The van der Waals surface area contributed by atoms with Crippen LogP contribution in [0.5, 0.6) is 11.5 Å². The molecule has 7 nitrogen and oxygen atoms in total. The van der Waals surface area contributed by atoms with E-state index in [0.29, 0.717) is 43.8 Å². The number of phenolic OH excluding ortho intramolecular Hbond substituents is 1. The number of thiazole rings is 1. The quantitative estimate of drug-likeness (QED) is 0.566. The van der Waals surface area contributed by atoms with E-state index < -0.39 is 0 Å². The Morgan fingerprint density at radius 1 is 1.21 bits per heavy atom. The largest absolute Gasteiger partial charge is 0.504 e. The van der Waals surface area contributed by atoms with Gasteiger partial charge in [-0.3, -0.25) is 4.90 Å². The number of phenols is 1. The van der Waals surface area contributed by atoms with E-state index in [1.165, 1.54) is 0 Å². The van der Waals surface area contributed by atoms with Gasteiger partial charge < -0.3 is 14.3 Å². The van der Waals surface area contributed by atoms with Crippen LogP contribution in [0.25, 0.3) is 20.8 Å². The van der Waals surface area contributed by atoms with Crippen LogP contribution in [0, 0.1) is 6.92 Å². The molecule has 3 heterocycles. The lowest BCUT2D eigenvalue weighted by Crippen LogP contribution is -2.25. The second kappa shape index (κ2) is 6.88. The van der Waals surface area contributed by atoms with Crippen molar-refractivity contribution in [3.05, 3.63) is 53.7 Å². The van der Waals surface area contributed by atoms with Crippen LogP contribution in [0.3, 0.4) is 0 Å².